The second-order valence-electron chi connectivity index (χ2n) is 4.36. The van der Waals surface area contributed by atoms with Crippen LogP contribution in [-0.2, 0) is 4.74 Å². The Hall–Kier alpha value is -1.88. The molecule has 2 aromatic rings. The van der Waals surface area contributed by atoms with Gasteiger partial charge in [0.15, 0.2) is 17.6 Å². The van der Waals surface area contributed by atoms with E-state index in [2.05, 4.69) is 9.88 Å². The summed E-state index contributed by atoms with van der Waals surface area (Å²) in [5, 5.41) is 0. The highest BCUT2D eigenvalue weighted by Gasteiger charge is 2.18. The average Bonchev–Trinajstić information content (AvgIpc) is 2.81. The van der Waals surface area contributed by atoms with Crippen LogP contribution in [0, 0.1) is 6.92 Å². The largest absolute Gasteiger partial charge is 0.449 e. The number of nitrogens with zero attached hydrogens (tertiary/aromatic N) is 2. The van der Waals surface area contributed by atoms with Gasteiger partial charge in [0.05, 0.1) is 18.9 Å². The van der Waals surface area contributed by atoms with Crippen molar-refractivity contribution in [1.29, 1.82) is 0 Å². The molecule has 0 aromatic carbocycles. The third kappa shape index (κ3) is 1.86. The molecule has 0 amide bonds. The van der Waals surface area contributed by atoms with Gasteiger partial charge in [-0.15, -0.1) is 0 Å². The van der Waals surface area contributed by atoms with E-state index >= 15 is 0 Å². The number of anilines is 1. The summed E-state index contributed by atoms with van der Waals surface area (Å²) in [5.74, 6) is 0.317. The van der Waals surface area contributed by atoms with Crippen LogP contribution in [-0.4, -0.2) is 37.6 Å². The molecule has 94 valence electrons. The zero-order valence-electron chi connectivity index (χ0n) is 10.2. The molecule has 0 N–H and O–H groups in total. The van der Waals surface area contributed by atoms with Crippen molar-refractivity contribution in [2.75, 3.05) is 31.2 Å². The van der Waals surface area contributed by atoms with Crippen LogP contribution < -0.4 is 4.90 Å². The molecule has 0 unspecified atom stereocenters. The Kier molecular flexibility index (Phi) is 2.76. The topological polar surface area (TPSA) is 55.6 Å². The standard InChI is InChI=1S/C13H14N2O3/c1-9-6-12(15-2-4-17-5-3-15)13-11(14-9)7-10(8-16)18-13/h6-8H,2-5H2,1H3. The summed E-state index contributed by atoms with van der Waals surface area (Å²) in [4.78, 5) is 17.4. The molecular weight excluding hydrogens is 232 g/mol. The average molecular weight is 246 g/mol. The number of carbonyl (C=O) groups excluding carboxylic acids is 1. The van der Waals surface area contributed by atoms with E-state index in [1.165, 1.54) is 0 Å². The van der Waals surface area contributed by atoms with Crippen LogP contribution in [0.5, 0.6) is 0 Å². The Morgan fingerprint density at radius 1 is 1.33 bits per heavy atom. The van der Waals surface area contributed by atoms with E-state index in [4.69, 9.17) is 9.15 Å². The smallest absolute Gasteiger partial charge is 0.185 e. The van der Waals surface area contributed by atoms with E-state index in [1.807, 2.05) is 13.0 Å². The van der Waals surface area contributed by atoms with Gasteiger partial charge in [-0.3, -0.25) is 4.79 Å². The van der Waals surface area contributed by atoms with Gasteiger partial charge in [-0.05, 0) is 13.0 Å². The molecule has 0 radical (unpaired) electrons. The number of ether oxygens (including phenoxy) is 1. The second kappa shape index (κ2) is 4.42. The summed E-state index contributed by atoms with van der Waals surface area (Å²) in [6.45, 7) is 5.02. The molecule has 0 bridgehead atoms. The highest BCUT2D eigenvalue weighted by molar-refractivity contribution is 5.91. The van der Waals surface area contributed by atoms with Crippen molar-refractivity contribution in [3.8, 4) is 0 Å². The third-order valence-corrected chi connectivity index (χ3v) is 3.07. The highest BCUT2D eigenvalue weighted by Crippen LogP contribution is 2.29. The zero-order valence-corrected chi connectivity index (χ0v) is 10.2. The van der Waals surface area contributed by atoms with Crippen LogP contribution >= 0.6 is 0 Å². The predicted octanol–water partition coefficient (Wildman–Crippen LogP) is 1.79. The van der Waals surface area contributed by atoms with Crippen molar-refractivity contribution < 1.29 is 13.9 Å². The fourth-order valence-corrected chi connectivity index (χ4v) is 2.25. The molecule has 18 heavy (non-hydrogen) atoms. The number of aryl methyl sites for hydroxylation is 1. The molecule has 2 aromatic heterocycles. The van der Waals surface area contributed by atoms with Crippen LogP contribution in [0.15, 0.2) is 16.5 Å². The first-order chi connectivity index (χ1) is 8.78. The number of furan rings is 1. The van der Waals surface area contributed by atoms with E-state index in [0.717, 1.165) is 30.0 Å². The van der Waals surface area contributed by atoms with Gasteiger partial charge in [-0.25, -0.2) is 4.98 Å². The summed E-state index contributed by atoms with van der Waals surface area (Å²) in [6.07, 6.45) is 0.708. The number of morpholine rings is 1. The van der Waals surface area contributed by atoms with Crippen molar-refractivity contribution in [3.63, 3.8) is 0 Å². The number of pyridine rings is 1. The number of aldehydes is 1. The van der Waals surface area contributed by atoms with Gasteiger partial charge in [0.25, 0.3) is 0 Å². The van der Waals surface area contributed by atoms with Crippen LogP contribution in [0.1, 0.15) is 16.2 Å². The monoisotopic (exact) mass is 246 g/mol. The Balaban J connectivity index is 2.13. The van der Waals surface area contributed by atoms with Gasteiger partial charge in [0, 0.05) is 24.8 Å². The first kappa shape index (κ1) is 11.2. The van der Waals surface area contributed by atoms with Crippen molar-refractivity contribution in [2.45, 2.75) is 6.92 Å². The van der Waals surface area contributed by atoms with Gasteiger partial charge in [0.1, 0.15) is 5.52 Å². The molecule has 3 rings (SSSR count). The maximum Gasteiger partial charge on any atom is 0.185 e. The zero-order chi connectivity index (χ0) is 12.5. The molecule has 1 fully saturated rings. The van der Waals surface area contributed by atoms with Crippen LogP contribution in [0.4, 0.5) is 5.69 Å². The number of hydrogen-bond acceptors (Lipinski definition) is 5. The number of hydrogen-bond donors (Lipinski definition) is 0. The lowest BCUT2D eigenvalue weighted by molar-refractivity contribution is 0.110. The van der Waals surface area contributed by atoms with Crippen molar-refractivity contribution in [3.05, 3.63) is 23.6 Å². The molecule has 5 heteroatoms. The fourth-order valence-electron chi connectivity index (χ4n) is 2.25. The molecule has 0 atom stereocenters. The molecular formula is C13H14N2O3. The summed E-state index contributed by atoms with van der Waals surface area (Å²) >= 11 is 0. The van der Waals surface area contributed by atoms with Gasteiger partial charge < -0.3 is 14.1 Å². The minimum Gasteiger partial charge on any atom is -0.449 e. The molecule has 0 aliphatic carbocycles. The highest BCUT2D eigenvalue weighted by atomic mass is 16.5. The summed E-state index contributed by atoms with van der Waals surface area (Å²) < 4.78 is 10.9. The number of rotatable bonds is 2. The lowest BCUT2D eigenvalue weighted by Gasteiger charge is -2.28. The number of fused-ring (bicyclic) bond motifs is 1. The molecule has 1 aliphatic heterocycles. The van der Waals surface area contributed by atoms with Crippen molar-refractivity contribution in [1.82, 2.24) is 4.98 Å². The number of aromatic nitrogens is 1. The molecule has 0 spiro atoms. The maximum absolute atomic E-state index is 10.8. The van der Waals surface area contributed by atoms with Crippen LogP contribution in [0.3, 0.4) is 0 Å². The third-order valence-electron chi connectivity index (χ3n) is 3.07. The maximum atomic E-state index is 10.8. The summed E-state index contributed by atoms with van der Waals surface area (Å²) in [7, 11) is 0. The Morgan fingerprint density at radius 2 is 2.11 bits per heavy atom. The predicted molar refractivity (Wildman–Crippen MR) is 67.2 cm³/mol. The van der Waals surface area contributed by atoms with Crippen LogP contribution in [0.25, 0.3) is 11.1 Å². The van der Waals surface area contributed by atoms with E-state index in [1.54, 1.807) is 6.07 Å². The van der Waals surface area contributed by atoms with E-state index in [0.29, 0.717) is 30.8 Å². The lowest BCUT2D eigenvalue weighted by atomic mass is 10.2. The summed E-state index contributed by atoms with van der Waals surface area (Å²) in [6, 6.07) is 3.67. The Bertz CT molecular complexity index is 585. The van der Waals surface area contributed by atoms with Gasteiger partial charge >= 0.3 is 0 Å². The van der Waals surface area contributed by atoms with Gasteiger partial charge in [-0.2, -0.15) is 0 Å². The molecule has 3 heterocycles. The van der Waals surface area contributed by atoms with E-state index in [-0.39, 0.29) is 0 Å². The molecule has 1 aliphatic rings. The first-order valence-electron chi connectivity index (χ1n) is 5.97. The van der Waals surface area contributed by atoms with Crippen molar-refractivity contribution in [2.24, 2.45) is 0 Å². The normalized spacial score (nSPS) is 16.2. The van der Waals surface area contributed by atoms with Crippen LogP contribution in [0.2, 0.25) is 0 Å². The van der Waals surface area contributed by atoms with E-state index < -0.39 is 0 Å². The van der Waals surface area contributed by atoms with E-state index in [9.17, 15) is 4.79 Å². The lowest BCUT2D eigenvalue weighted by Crippen LogP contribution is -2.36. The Morgan fingerprint density at radius 3 is 2.83 bits per heavy atom. The quantitative estimate of drug-likeness (QED) is 0.756. The molecule has 0 saturated carbocycles. The fraction of sp³-hybridized carbons (Fsp3) is 0.385. The molecule has 1 saturated heterocycles. The molecule has 5 nitrogen and oxygen atoms in total. The van der Waals surface area contributed by atoms with Crippen molar-refractivity contribution >= 4 is 23.1 Å². The SMILES string of the molecule is Cc1cc(N2CCOCC2)c2oc(C=O)cc2n1. The number of carbonyl (C=O) groups is 1. The first-order valence-corrected chi connectivity index (χ1v) is 5.97. The minimum atomic E-state index is 0.317. The second-order valence-corrected chi connectivity index (χ2v) is 4.36. The van der Waals surface area contributed by atoms with Gasteiger partial charge in [-0.1, -0.05) is 0 Å². The Labute approximate surface area is 104 Å². The van der Waals surface area contributed by atoms with Gasteiger partial charge in [0.2, 0.25) is 0 Å². The summed E-state index contributed by atoms with van der Waals surface area (Å²) in [5.41, 5.74) is 3.33. The minimum absolute atomic E-state index is 0.317.